The van der Waals surface area contributed by atoms with Gasteiger partial charge in [0.05, 0.1) is 24.0 Å². The molecule has 1 unspecified atom stereocenters. The van der Waals surface area contributed by atoms with E-state index in [0.29, 0.717) is 6.42 Å². The maximum Gasteiger partial charge on any atom is 0.0903 e. The fourth-order valence-corrected chi connectivity index (χ4v) is 1.94. The average molecular weight is 240 g/mol. The third-order valence-corrected chi connectivity index (χ3v) is 2.84. The highest BCUT2D eigenvalue weighted by atomic mass is 16.3. The molecule has 0 aliphatic rings. The minimum Gasteiger partial charge on any atom is -0.388 e. The van der Waals surface area contributed by atoms with E-state index in [2.05, 4.69) is 15.1 Å². The third-order valence-electron chi connectivity index (χ3n) is 2.84. The summed E-state index contributed by atoms with van der Waals surface area (Å²) in [5, 5.41) is 14.4. The second-order valence-electron chi connectivity index (χ2n) is 4.05. The Labute approximate surface area is 104 Å². The fourth-order valence-electron chi connectivity index (χ4n) is 1.94. The van der Waals surface area contributed by atoms with Crippen molar-refractivity contribution in [2.45, 2.75) is 12.5 Å². The van der Waals surface area contributed by atoms with Crippen molar-refractivity contribution in [1.82, 2.24) is 19.6 Å². The molecule has 0 bridgehead atoms. The highest BCUT2D eigenvalue weighted by Crippen LogP contribution is 2.21. The summed E-state index contributed by atoms with van der Waals surface area (Å²) in [6.07, 6.45) is 8.36. The van der Waals surface area contributed by atoms with Gasteiger partial charge in [0.1, 0.15) is 0 Å². The lowest BCUT2D eigenvalue weighted by Gasteiger charge is -2.08. The smallest absolute Gasteiger partial charge is 0.0903 e. The molecule has 0 fully saturated rings. The van der Waals surface area contributed by atoms with Crippen molar-refractivity contribution >= 4 is 5.52 Å². The maximum atomic E-state index is 10.2. The van der Waals surface area contributed by atoms with Gasteiger partial charge in [0.25, 0.3) is 0 Å². The second-order valence-corrected chi connectivity index (χ2v) is 4.05. The summed E-state index contributed by atoms with van der Waals surface area (Å²) in [6, 6.07) is 5.66. The van der Waals surface area contributed by atoms with Crippen LogP contribution in [0.5, 0.6) is 0 Å². The van der Waals surface area contributed by atoms with Crippen molar-refractivity contribution in [2.75, 3.05) is 0 Å². The Morgan fingerprint density at radius 3 is 3.00 bits per heavy atom. The Balaban J connectivity index is 1.90. The summed E-state index contributed by atoms with van der Waals surface area (Å²) in [7, 11) is 0. The normalized spacial score (nSPS) is 12.7. The lowest BCUT2D eigenvalue weighted by Crippen LogP contribution is -2.03. The zero-order valence-corrected chi connectivity index (χ0v) is 9.64. The van der Waals surface area contributed by atoms with Gasteiger partial charge in [-0.25, -0.2) is 4.52 Å². The first-order valence-electron chi connectivity index (χ1n) is 5.70. The van der Waals surface area contributed by atoms with Crippen molar-refractivity contribution < 1.29 is 5.11 Å². The van der Waals surface area contributed by atoms with Crippen LogP contribution in [-0.2, 0) is 6.42 Å². The van der Waals surface area contributed by atoms with Crippen molar-refractivity contribution in [1.29, 1.82) is 0 Å². The number of rotatable bonds is 3. The summed E-state index contributed by atoms with van der Waals surface area (Å²) >= 11 is 0. The molecule has 3 aromatic rings. The predicted molar refractivity (Wildman–Crippen MR) is 65.9 cm³/mol. The Kier molecular flexibility index (Phi) is 2.74. The first-order chi connectivity index (χ1) is 8.84. The van der Waals surface area contributed by atoms with Gasteiger partial charge in [-0.2, -0.15) is 5.10 Å². The van der Waals surface area contributed by atoms with E-state index < -0.39 is 6.10 Å². The number of aliphatic hydroxyl groups is 1. The maximum absolute atomic E-state index is 10.2. The molecule has 1 atom stereocenters. The molecule has 0 radical (unpaired) electrons. The molecule has 90 valence electrons. The molecule has 3 heterocycles. The molecule has 0 aromatic carbocycles. The van der Waals surface area contributed by atoms with Crippen molar-refractivity contribution in [3.05, 3.63) is 60.4 Å². The molecule has 3 aromatic heterocycles. The molecule has 0 saturated heterocycles. The highest BCUT2D eigenvalue weighted by molar-refractivity contribution is 5.52. The lowest BCUT2D eigenvalue weighted by molar-refractivity contribution is 0.178. The van der Waals surface area contributed by atoms with E-state index in [1.807, 2.05) is 18.2 Å². The van der Waals surface area contributed by atoms with Crippen LogP contribution in [0.2, 0.25) is 0 Å². The summed E-state index contributed by atoms with van der Waals surface area (Å²) in [6.45, 7) is 0. The number of aromatic nitrogens is 4. The Hall–Kier alpha value is -2.27. The molecule has 5 heteroatoms. The van der Waals surface area contributed by atoms with Gasteiger partial charge in [0.15, 0.2) is 0 Å². The molecular weight excluding hydrogens is 228 g/mol. The van der Waals surface area contributed by atoms with Crippen LogP contribution >= 0.6 is 0 Å². The van der Waals surface area contributed by atoms with E-state index in [1.165, 1.54) is 0 Å². The second kappa shape index (κ2) is 4.54. The molecule has 3 rings (SSSR count). The number of pyridine rings is 1. The molecule has 0 amide bonds. The van der Waals surface area contributed by atoms with Crippen LogP contribution in [-0.4, -0.2) is 24.7 Å². The van der Waals surface area contributed by atoms with Crippen LogP contribution in [0.3, 0.4) is 0 Å². The quantitative estimate of drug-likeness (QED) is 0.751. The SMILES string of the molecule is OC(Cc1ccccn1)c1cnn2ccncc12. The van der Waals surface area contributed by atoms with E-state index in [4.69, 9.17) is 0 Å². The van der Waals surface area contributed by atoms with Gasteiger partial charge in [-0.15, -0.1) is 0 Å². The highest BCUT2D eigenvalue weighted by Gasteiger charge is 2.14. The standard InChI is InChI=1S/C13H12N4O/c18-13(7-10-3-1-2-4-15-10)11-8-16-17-6-5-14-9-12(11)17/h1-6,8-9,13,18H,7H2. The lowest BCUT2D eigenvalue weighted by atomic mass is 10.1. The number of nitrogens with zero attached hydrogens (tertiary/aromatic N) is 4. The Bertz CT molecular complexity index is 650. The van der Waals surface area contributed by atoms with E-state index in [-0.39, 0.29) is 0 Å². The number of aliphatic hydroxyl groups excluding tert-OH is 1. The van der Waals surface area contributed by atoms with Crippen molar-refractivity contribution in [3.8, 4) is 0 Å². The fraction of sp³-hybridized carbons (Fsp3) is 0.154. The summed E-state index contributed by atoms with van der Waals surface area (Å²) in [5.74, 6) is 0. The number of hydrogen-bond acceptors (Lipinski definition) is 4. The number of fused-ring (bicyclic) bond motifs is 1. The monoisotopic (exact) mass is 240 g/mol. The van der Waals surface area contributed by atoms with Gasteiger partial charge < -0.3 is 5.11 Å². The molecule has 0 saturated carbocycles. The largest absolute Gasteiger partial charge is 0.388 e. The van der Waals surface area contributed by atoms with E-state index in [0.717, 1.165) is 16.8 Å². The first-order valence-corrected chi connectivity index (χ1v) is 5.70. The summed E-state index contributed by atoms with van der Waals surface area (Å²) in [4.78, 5) is 8.25. The molecule has 0 aliphatic heterocycles. The van der Waals surface area contributed by atoms with Crippen LogP contribution in [0, 0.1) is 0 Å². The molecule has 0 aliphatic carbocycles. The Morgan fingerprint density at radius 2 is 2.17 bits per heavy atom. The molecule has 1 N–H and O–H groups in total. The zero-order valence-electron chi connectivity index (χ0n) is 9.64. The zero-order chi connectivity index (χ0) is 12.4. The van der Waals surface area contributed by atoms with Crippen LogP contribution in [0.15, 0.2) is 49.2 Å². The summed E-state index contributed by atoms with van der Waals surface area (Å²) < 4.78 is 1.70. The van der Waals surface area contributed by atoms with Crippen LogP contribution in [0.25, 0.3) is 5.52 Å². The van der Waals surface area contributed by atoms with E-state index >= 15 is 0 Å². The van der Waals surface area contributed by atoms with Crippen molar-refractivity contribution in [3.63, 3.8) is 0 Å². The first kappa shape index (κ1) is 10.9. The van der Waals surface area contributed by atoms with Crippen LogP contribution in [0.1, 0.15) is 17.4 Å². The van der Waals surface area contributed by atoms with Crippen LogP contribution < -0.4 is 0 Å². The van der Waals surface area contributed by atoms with Gasteiger partial charge >= 0.3 is 0 Å². The molecular formula is C13H12N4O. The average Bonchev–Trinajstić information content (AvgIpc) is 2.84. The molecule has 5 nitrogen and oxygen atoms in total. The molecule has 18 heavy (non-hydrogen) atoms. The van der Waals surface area contributed by atoms with E-state index in [1.54, 1.807) is 35.5 Å². The van der Waals surface area contributed by atoms with Gasteiger partial charge in [-0.05, 0) is 12.1 Å². The summed E-state index contributed by atoms with van der Waals surface area (Å²) in [5.41, 5.74) is 2.45. The van der Waals surface area contributed by atoms with E-state index in [9.17, 15) is 5.11 Å². The predicted octanol–water partition coefficient (Wildman–Crippen LogP) is 1.40. The van der Waals surface area contributed by atoms with Crippen LogP contribution in [0.4, 0.5) is 0 Å². The van der Waals surface area contributed by atoms with Crippen molar-refractivity contribution in [2.24, 2.45) is 0 Å². The number of hydrogen-bond donors (Lipinski definition) is 1. The van der Waals surface area contributed by atoms with Gasteiger partial charge in [0, 0.05) is 36.3 Å². The topological polar surface area (TPSA) is 63.3 Å². The third kappa shape index (κ3) is 1.96. The molecule has 0 spiro atoms. The minimum absolute atomic E-state index is 0.469. The van der Waals surface area contributed by atoms with Gasteiger partial charge in [-0.1, -0.05) is 6.07 Å². The Morgan fingerprint density at radius 1 is 1.22 bits per heavy atom. The van der Waals surface area contributed by atoms with Gasteiger partial charge in [0.2, 0.25) is 0 Å². The van der Waals surface area contributed by atoms with Gasteiger partial charge in [-0.3, -0.25) is 9.97 Å². The minimum atomic E-state index is -0.624.